The lowest BCUT2D eigenvalue weighted by atomic mass is 9.99. The molecule has 0 unspecified atom stereocenters. The Labute approximate surface area is 206 Å². The van der Waals surface area contributed by atoms with Crippen molar-refractivity contribution >= 4 is 11.8 Å². The molecule has 1 aromatic carbocycles. The molecule has 8 heteroatoms. The van der Waals surface area contributed by atoms with Gasteiger partial charge in [0.15, 0.2) is 0 Å². The van der Waals surface area contributed by atoms with Gasteiger partial charge in [0.25, 0.3) is 5.91 Å². The summed E-state index contributed by atoms with van der Waals surface area (Å²) in [5.41, 5.74) is 1.65. The Bertz CT molecular complexity index is 1110. The van der Waals surface area contributed by atoms with Gasteiger partial charge in [0, 0.05) is 43.3 Å². The number of methoxy groups -OCH3 is 1. The fourth-order valence-corrected chi connectivity index (χ4v) is 3.85. The average molecular weight is 480 g/mol. The van der Waals surface area contributed by atoms with E-state index in [1.54, 1.807) is 43.1 Å². The summed E-state index contributed by atoms with van der Waals surface area (Å²) in [6, 6.07) is 8.65. The van der Waals surface area contributed by atoms with Crippen molar-refractivity contribution in [1.82, 2.24) is 14.8 Å². The highest BCUT2D eigenvalue weighted by Crippen LogP contribution is 2.27. The van der Waals surface area contributed by atoms with Crippen molar-refractivity contribution in [3.63, 3.8) is 0 Å². The van der Waals surface area contributed by atoms with E-state index in [2.05, 4.69) is 16.8 Å². The van der Waals surface area contributed by atoms with Crippen molar-refractivity contribution in [2.45, 2.75) is 39.3 Å². The molecule has 0 saturated heterocycles. The van der Waals surface area contributed by atoms with E-state index in [0.717, 1.165) is 11.3 Å². The van der Waals surface area contributed by atoms with Crippen LogP contribution in [0.25, 0.3) is 0 Å². The molecule has 2 aromatic rings. The first-order valence-corrected chi connectivity index (χ1v) is 11.8. The molecule has 2 heterocycles. The van der Waals surface area contributed by atoms with Gasteiger partial charge in [0.05, 0.1) is 26.3 Å². The highest BCUT2D eigenvalue weighted by Gasteiger charge is 2.34. The topological polar surface area (TPSA) is 92.2 Å². The number of ether oxygens (including phenoxy) is 2. The molecule has 0 radical (unpaired) electrons. The van der Waals surface area contributed by atoms with E-state index in [4.69, 9.17) is 9.47 Å². The Morgan fingerprint density at radius 3 is 2.63 bits per heavy atom. The number of pyridine rings is 1. The number of fused-ring (bicyclic) bond motifs is 1. The van der Waals surface area contributed by atoms with E-state index in [1.165, 1.54) is 0 Å². The lowest BCUT2D eigenvalue weighted by molar-refractivity contribution is -0.131. The van der Waals surface area contributed by atoms with Crippen molar-refractivity contribution in [2.75, 3.05) is 33.9 Å². The third kappa shape index (κ3) is 6.31. The zero-order valence-electron chi connectivity index (χ0n) is 20.9. The Hall–Kier alpha value is -3.57. The van der Waals surface area contributed by atoms with Gasteiger partial charge < -0.3 is 24.4 Å². The first-order chi connectivity index (χ1) is 16.8. The number of aromatic nitrogens is 1. The summed E-state index contributed by atoms with van der Waals surface area (Å²) in [5.74, 6) is 6.72. The molecule has 1 aliphatic heterocycles. The molecule has 1 aromatic heterocycles. The van der Waals surface area contributed by atoms with E-state index in [-0.39, 0.29) is 47.9 Å². The molecule has 1 N–H and O–H groups in total. The SMILES string of the molecule is CCC(=O)N(C)C[C@@H]1Oc2ncc(C#Cc3ccc(OC)cc3)cc2C(=O)N([C@H](C)CO)C[C@H]1C. The van der Waals surface area contributed by atoms with Crippen molar-refractivity contribution in [1.29, 1.82) is 0 Å². The molecule has 2 amide bonds. The molecule has 0 bridgehead atoms. The Kier molecular flexibility index (Phi) is 8.72. The van der Waals surface area contributed by atoms with Gasteiger partial charge >= 0.3 is 0 Å². The van der Waals surface area contributed by atoms with Crippen LogP contribution in [0, 0.1) is 17.8 Å². The molecule has 0 aliphatic carbocycles. The second kappa shape index (κ2) is 11.7. The maximum absolute atomic E-state index is 13.5. The third-order valence-corrected chi connectivity index (χ3v) is 6.14. The highest BCUT2D eigenvalue weighted by molar-refractivity contribution is 5.97. The van der Waals surface area contributed by atoms with Crippen LogP contribution in [-0.2, 0) is 4.79 Å². The molecule has 0 fully saturated rings. The largest absolute Gasteiger partial charge is 0.497 e. The molecule has 3 atom stereocenters. The number of rotatable bonds is 6. The molecule has 0 saturated carbocycles. The third-order valence-electron chi connectivity index (χ3n) is 6.14. The summed E-state index contributed by atoms with van der Waals surface area (Å²) < 4.78 is 11.4. The Balaban J connectivity index is 1.97. The summed E-state index contributed by atoms with van der Waals surface area (Å²) in [6.45, 7) is 6.16. The number of amides is 2. The maximum atomic E-state index is 13.5. The van der Waals surface area contributed by atoms with Crippen LogP contribution in [0.1, 0.15) is 48.7 Å². The molecular formula is C27H33N3O5. The molecule has 0 spiro atoms. The number of aliphatic hydroxyl groups is 1. The standard InChI is InChI=1S/C27H33N3O5/c1-6-25(32)29(4)16-24-18(2)15-30(19(3)17-31)27(33)23-13-21(14-28-26(23)35-24)8-7-20-9-11-22(34-5)12-10-20/h9-14,18-19,24,31H,6,15-17H2,1-5H3/t18-,19-,24+/m1/s1. The van der Waals surface area contributed by atoms with E-state index < -0.39 is 0 Å². The van der Waals surface area contributed by atoms with Crippen LogP contribution in [0.5, 0.6) is 11.6 Å². The molecule has 8 nitrogen and oxygen atoms in total. The number of hydrogen-bond donors (Lipinski definition) is 1. The lowest BCUT2D eigenvalue weighted by Crippen LogP contribution is -2.50. The lowest BCUT2D eigenvalue weighted by Gasteiger charge is -2.37. The summed E-state index contributed by atoms with van der Waals surface area (Å²) in [7, 11) is 3.35. The van der Waals surface area contributed by atoms with Crippen molar-refractivity contribution in [3.05, 3.63) is 53.2 Å². The quantitative estimate of drug-likeness (QED) is 0.641. The van der Waals surface area contributed by atoms with Crippen LogP contribution in [0.3, 0.4) is 0 Å². The number of carbonyl (C=O) groups excluding carboxylic acids is 2. The smallest absolute Gasteiger partial charge is 0.259 e. The van der Waals surface area contributed by atoms with Gasteiger partial charge in [-0.05, 0) is 37.3 Å². The number of benzene rings is 1. The molecule has 1 aliphatic rings. The fourth-order valence-electron chi connectivity index (χ4n) is 3.85. The molecule has 186 valence electrons. The Morgan fingerprint density at radius 1 is 1.31 bits per heavy atom. The minimum atomic E-state index is -0.388. The van der Waals surface area contributed by atoms with E-state index >= 15 is 0 Å². The van der Waals surface area contributed by atoms with Gasteiger partial charge in [-0.2, -0.15) is 0 Å². The second-order valence-electron chi connectivity index (χ2n) is 8.81. The van der Waals surface area contributed by atoms with E-state index in [1.807, 2.05) is 38.1 Å². The number of carbonyl (C=O) groups is 2. The van der Waals surface area contributed by atoms with Gasteiger partial charge in [-0.15, -0.1) is 0 Å². The molecule has 3 rings (SSSR count). The van der Waals surface area contributed by atoms with Crippen LogP contribution in [0.2, 0.25) is 0 Å². The second-order valence-corrected chi connectivity index (χ2v) is 8.81. The average Bonchev–Trinajstić information content (AvgIpc) is 2.88. The highest BCUT2D eigenvalue weighted by atomic mass is 16.5. The minimum absolute atomic E-state index is 0.0110. The van der Waals surface area contributed by atoms with Gasteiger partial charge in [-0.1, -0.05) is 25.7 Å². The number of aliphatic hydroxyl groups excluding tert-OH is 1. The zero-order chi connectivity index (χ0) is 25.5. The predicted octanol–water partition coefficient (Wildman–Crippen LogP) is 2.58. The Morgan fingerprint density at radius 2 is 2.00 bits per heavy atom. The zero-order valence-corrected chi connectivity index (χ0v) is 20.9. The number of nitrogens with zero attached hydrogens (tertiary/aromatic N) is 3. The number of hydrogen-bond acceptors (Lipinski definition) is 6. The van der Waals surface area contributed by atoms with Gasteiger partial charge in [-0.3, -0.25) is 9.59 Å². The maximum Gasteiger partial charge on any atom is 0.259 e. The number of likely N-dealkylation sites (N-methyl/N-ethyl adjacent to an activating group) is 1. The van der Waals surface area contributed by atoms with Crippen LogP contribution >= 0.6 is 0 Å². The van der Waals surface area contributed by atoms with Crippen molar-refractivity contribution in [2.24, 2.45) is 5.92 Å². The van der Waals surface area contributed by atoms with Crippen LogP contribution in [0.4, 0.5) is 0 Å². The minimum Gasteiger partial charge on any atom is -0.497 e. The normalized spacial score (nSPS) is 18.2. The summed E-state index contributed by atoms with van der Waals surface area (Å²) >= 11 is 0. The summed E-state index contributed by atoms with van der Waals surface area (Å²) in [5, 5.41) is 9.79. The molecule has 35 heavy (non-hydrogen) atoms. The summed E-state index contributed by atoms with van der Waals surface area (Å²) in [6.07, 6.45) is 1.60. The van der Waals surface area contributed by atoms with Gasteiger partial charge in [0.1, 0.15) is 17.4 Å². The van der Waals surface area contributed by atoms with Crippen LogP contribution in [0.15, 0.2) is 36.5 Å². The van der Waals surface area contributed by atoms with Gasteiger partial charge in [-0.25, -0.2) is 4.98 Å². The van der Waals surface area contributed by atoms with Crippen LogP contribution < -0.4 is 9.47 Å². The van der Waals surface area contributed by atoms with Crippen molar-refractivity contribution in [3.8, 4) is 23.5 Å². The van der Waals surface area contributed by atoms with Gasteiger partial charge in [0.2, 0.25) is 11.8 Å². The van der Waals surface area contributed by atoms with E-state index in [0.29, 0.717) is 25.1 Å². The first kappa shape index (κ1) is 26.0. The van der Waals surface area contributed by atoms with Crippen molar-refractivity contribution < 1.29 is 24.2 Å². The van der Waals surface area contributed by atoms with E-state index in [9.17, 15) is 14.7 Å². The molecular weight excluding hydrogens is 446 g/mol. The monoisotopic (exact) mass is 479 g/mol. The fraction of sp³-hybridized carbons (Fsp3) is 0.444. The van der Waals surface area contributed by atoms with Crippen LogP contribution in [-0.4, -0.2) is 77.7 Å². The first-order valence-electron chi connectivity index (χ1n) is 11.8. The predicted molar refractivity (Wildman–Crippen MR) is 132 cm³/mol. The summed E-state index contributed by atoms with van der Waals surface area (Å²) in [4.78, 5) is 33.4.